The summed E-state index contributed by atoms with van der Waals surface area (Å²) in [5.74, 6) is 0.438. The molecule has 0 N–H and O–H groups in total. The molecular weight excluding hydrogens is 549 g/mol. The molecule has 0 radical (unpaired) electrons. The summed E-state index contributed by atoms with van der Waals surface area (Å²) in [4.78, 5) is 21.9. The van der Waals surface area contributed by atoms with Gasteiger partial charge in [0.05, 0.1) is 33.8 Å². The first-order valence-electron chi connectivity index (χ1n) is 13.1. The van der Waals surface area contributed by atoms with E-state index in [0.717, 1.165) is 35.4 Å². The average Bonchev–Trinajstić information content (AvgIpc) is 3.09. The van der Waals surface area contributed by atoms with Crippen LogP contribution in [0.25, 0.3) is 10.9 Å². The van der Waals surface area contributed by atoms with Crippen molar-refractivity contribution in [2.24, 2.45) is 0 Å². The second-order valence-electron chi connectivity index (χ2n) is 9.70. The molecule has 0 saturated heterocycles. The van der Waals surface area contributed by atoms with Crippen LogP contribution in [0.2, 0.25) is 5.02 Å². The van der Waals surface area contributed by atoms with E-state index in [0.29, 0.717) is 34.7 Å². The SMILES string of the molecule is CCOC(=O)C(CSC1c2cc(OCc3ccc4cc(F)c(Cl)cc4n3)ccc2CCc2ncccc21)=[N+](C)C. The van der Waals surface area contributed by atoms with Crippen LogP contribution in [-0.2, 0) is 29.0 Å². The highest BCUT2D eigenvalue weighted by Gasteiger charge is 2.29. The molecule has 40 heavy (non-hydrogen) atoms. The van der Waals surface area contributed by atoms with Crippen molar-refractivity contribution in [3.05, 3.63) is 99.7 Å². The van der Waals surface area contributed by atoms with Gasteiger partial charge in [-0.2, -0.15) is 0 Å². The molecule has 2 heterocycles. The van der Waals surface area contributed by atoms with Gasteiger partial charge in [0.15, 0.2) is 0 Å². The largest absolute Gasteiger partial charge is 0.487 e. The van der Waals surface area contributed by atoms with Gasteiger partial charge in [-0.15, -0.1) is 11.8 Å². The summed E-state index contributed by atoms with van der Waals surface area (Å²) in [7, 11) is 3.72. The quantitative estimate of drug-likeness (QED) is 0.141. The molecule has 1 unspecified atom stereocenters. The first kappa shape index (κ1) is 28.1. The van der Waals surface area contributed by atoms with Crippen molar-refractivity contribution in [3.8, 4) is 5.75 Å². The lowest BCUT2D eigenvalue weighted by Crippen LogP contribution is -2.28. The zero-order valence-corrected chi connectivity index (χ0v) is 24.2. The Morgan fingerprint density at radius 2 is 1.98 bits per heavy atom. The normalized spacial score (nSPS) is 14.2. The zero-order chi connectivity index (χ0) is 28.2. The summed E-state index contributed by atoms with van der Waals surface area (Å²) in [6, 6.07) is 16.8. The smallest absolute Gasteiger partial charge is 0.399 e. The van der Waals surface area contributed by atoms with Gasteiger partial charge < -0.3 is 9.47 Å². The van der Waals surface area contributed by atoms with Gasteiger partial charge in [-0.05, 0) is 72.9 Å². The molecule has 0 amide bonds. The van der Waals surface area contributed by atoms with E-state index in [-0.39, 0.29) is 22.8 Å². The predicted molar refractivity (Wildman–Crippen MR) is 157 cm³/mol. The number of ether oxygens (including phenoxy) is 2. The number of aromatic nitrogens is 2. The number of nitrogens with zero attached hydrogens (tertiary/aromatic N) is 3. The first-order valence-corrected chi connectivity index (χ1v) is 14.5. The molecule has 0 bridgehead atoms. The second-order valence-corrected chi connectivity index (χ2v) is 11.2. The van der Waals surface area contributed by atoms with Crippen molar-refractivity contribution >= 4 is 45.9 Å². The van der Waals surface area contributed by atoms with E-state index in [2.05, 4.69) is 28.2 Å². The zero-order valence-electron chi connectivity index (χ0n) is 22.6. The Morgan fingerprint density at radius 3 is 2.77 bits per heavy atom. The number of carbonyl (C=O) groups is 1. The van der Waals surface area contributed by atoms with Crippen LogP contribution >= 0.6 is 23.4 Å². The molecule has 0 aliphatic heterocycles. The predicted octanol–water partition coefficient (Wildman–Crippen LogP) is 6.20. The minimum Gasteiger partial charge on any atom is -0.487 e. The topological polar surface area (TPSA) is 64.3 Å². The Labute approximate surface area is 242 Å². The van der Waals surface area contributed by atoms with Crippen LogP contribution in [0.5, 0.6) is 5.75 Å². The maximum absolute atomic E-state index is 13.8. The van der Waals surface area contributed by atoms with Gasteiger partial charge in [-0.25, -0.2) is 18.7 Å². The molecule has 0 saturated carbocycles. The number of pyridine rings is 2. The highest BCUT2D eigenvalue weighted by Crippen LogP contribution is 2.42. The summed E-state index contributed by atoms with van der Waals surface area (Å²) >= 11 is 7.64. The highest BCUT2D eigenvalue weighted by atomic mass is 35.5. The Kier molecular flexibility index (Phi) is 8.66. The summed E-state index contributed by atoms with van der Waals surface area (Å²) in [5, 5.41) is 0.684. The molecular formula is C31H30ClFN3O3S+. The lowest BCUT2D eigenvalue weighted by atomic mass is 10.0. The fraction of sp³-hybridized carbons (Fsp3) is 0.290. The minimum absolute atomic E-state index is 0.0371. The minimum atomic E-state index is -0.466. The van der Waals surface area contributed by atoms with Gasteiger partial charge in [0.25, 0.3) is 5.71 Å². The highest BCUT2D eigenvalue weighted by molar-refractivity contribution is 8.00. The third kappa shape index (κ3) is 6.13. The van der Waals surface area contributed by atoms with E-state index in [9.17, 15) is 9.18 Å². The molecule has 6 nitrogen and oxygen atoms in total. The van der Waals surface area contributed by atoms with E-state index in [1.807, 2.05) is 56.1 Å². The van der Waals surface area contributed by atoms with Crippen LogP contribution in [-0.4, -0.2) is 52.7 Å². The Bertz CT molecular complexity index is 1610. The molecule has 206 valence electrons. The number of thioether (sulfide) groups is 1. The summed E-state index contributed by atoms with van der Waals surface area (Å²) < 4.78 is 27.1. The van der Waals surface area contributed by atoms with E-state index in [1.165, 1.54) is 17.7 Å². The van der Waals surface area contributed by atoms with E-state index in [1.54, 1.807) is 11.8 Å². The van der Waals surface area contributed by atoms with Crippen molar-refractivity contribution in [2.75, 3.05) is 26.5 Å². The van der Waals surface area contributed by atoms with Gasteiger partial charge in [-0.1, -0.05) is 29.8 Å². The molecule has 2 aromatic heterocycles. The molecule has 5 rings (SSSR count). The molecule has 1 aliphatic carbocycles. The van der Waals surface area contributed by atoms with Gasteiger partial charge in [0.1, 0.15) is 32.3 Å². The maximum atomic E-state index is 13.8. The van der Waals surface area contributed by atoms with Gasteiger partial charge >= 0.3 is 5.97 Å². The van der Waals surface area contributed by atoms with Crippen molar-refractivity contribution in [1.82, 2.24) is 9.97 Å². The van der Waals surface area contributed by atoms with Gasteiger partial charge in [0.2, 0.25) is 0 Å². The van der Waals surface area contributed by atoms with Crippen molar-refractivity contribution in [1.29, 1.82) is 0 Å². The number of rotatable bonds is 8. The molecule has 2 aromatic carbocycles. The monoisotopic (exact) mass is 578 g/mol. The maximum Gasteiger partial charge on any atom is 0.399 e. The van der Waals surface area contributed by atoms with E-state index in [4.69, 9.17) is 21.1 Å². The lowest BCUT2D eigenvalue weighted by Gasteiger charge is -2.20. The van der Waals surface area contributed by atoms with Crippen LogP contribution in [0.4, 0.5) is 4.39 Å². The summed E-state index contributed by atoms with van der Waals surface area (Å²) in [5.41, 5.74) is 6.52. The number of aryl methyl sites for hydroxylation is 2. The molecule has 9 heteroatoms. The van der Waals surface area contributed by atoms with Crippen LogP contribution in [0, 0.1) is 5.82 Å². The number of carbonyl (C=O) groups excluding carboxylic acids is 1. The van der Waals surface area contributed by atoms with Crippen molar-refractivity contribution in [2.45, 2.75) is 31.6 Å². The molecule has 1 atom stereocenters. The third-order valence-corrected chi connectivity index (χ3v) is 8.42. The molecule has 4 aromatic rings. The third-order valence-electron chi connectivity index (χ3n) is 6.85. The van der Waals surface area contributed by atoms with E-state index < -0.39 is 5.82 Å². The number of fused-ring (bicyclic) bond motifs is 3. The van der Waals surface area contributed by atoms with Gasteiger partial charge in [-0.3, -0.25) is 4.98 Å². The lowest BCUT2D eigenvalue weighted by molar-refractivity contribution is -0.464. The van der Waals surface area contributed by atoms with Crippen LogP contribution in [0.3, 0.4) is 0 Å². The number of benzene rings is 2. The fourth-order valence-electron chi connectivity index (χ4n) is 4.78. The average molecular weight is 579 g/mol. The van der Waals surface area contributed by atoms with Crippen LogP contribution in [0.1, 0.15) is 40.3 Å². The Balaban J connectivity index is 1.42. The number of hydrogen-bond donors (Lipinski definition) is 0. The van der Waals surface area contributed by atoms with Crippen molar-refractivity contribution in [3.63, 3.8) is 0 Å². The summed E-state index contributed by atoms with van der Waals surface area (Å²) in [6.45, 7) is 2.39. The van der Waals surface area contributed by atoms with Gasteiger partial charge in [0, 0.05) is 17.3 Å². The standard InChI is InChI=1S/C31H30ClFN3O3S/c1-4-38-31(37)29(36(2)3)18-40-30-23-6-5-13-34-27(23)12-9-19-8-11-22(15-24(19)30)39-17-21-10-7-20-14-26(33)25(32)16-28(20)35-21/h5-8,10-11,13-16,30H,4,9,12,17-18H2,1-3H3/q+1. The second kappa shape index (κ2) is 12.4. The van der Waals surface area contributed by atoms with Crippen LogP contribution < -0.4 is 4.74 Å². The molecule has 1 aliphatic rings. The Morgan fingerprint density at radius 1 is 1.12 bits per heavy atom. The van der Waals surface area contributed by atoms with Crippen LogP contribution in [0.15, 0.2) is 60.8 Å². The van der Waals surface area contributed by atoms with Crippen molar-refractivity contribution < 1.29 is 23.2 Å². The Hall–Kier alpha value is -3.49. The molecule has 0 spiro atoms. The van der Waals surface area contributed by atoms with E-state index >= 15 is 0 Å². The number of hydrogen-bond acceptors (Lipinski definition) is 6. The summed E-state index contributed by atoms with van der Waals surface area (Å²) in [6.07, 6.45) is 3.54. The number of halogens is 2. The number of esters is 1. The first-order chi connectivity index (χ1) is 19.3. The molecule has 0 fully saturated rings. The fourth-order valence-corrected chi connectivity index (χ4v) is 6.43.